The molecule has 2 aromatic heterocycles. The van der Waals surface area contributed by atoms with E-state index in [1.54, 1.807) is 10.9 Å². The number of nitrogens with two attached hydrogens (primary N) is 1. The van der Waals surface area contributed by atoms with Gasteiger partial charge in [-0.15, -0.1) is 0 Å². The number of nitrogens with zero attached hydrogens (tertiary/aromatic N) is 3. The Morgan fingerprint density at radius 3 is 2.63 bits per heavy atom. The fourth-order valence-electron chi connectivity index (χ4n) is 2.98. The zero-order chi connectivity index (χ0) is 18.6. The van der Waals surface area contributed by atoms with Crippen molar-refractivity contribution in [3.63, 3.8) is 0 Å². The topological polar surface area (TPSA) is 102 Å². The van der Waals surface area contributed by atoms with Gasteiger partial charge >= 0.3 is 0 Å². The summed E-state index contributed by atoms with van der Waals surface area (Å²) in [5.74, 6) is 0.0246. The molecular formula is C20H18N6O. The van der Waals surface area contributed by atoms with Gasteiger partial charge in [0.05, 0.1) is 11.3 Å². The minimum absolute atomic E-state index is 0.270. The van der Waals surface area contributed by atoms with E-state index in [0.29, 0.717) is 23.6 Å². The van der Waals surface area contributed by atoms with Crippen LogP contribution in [-0.4, -0.2) is 25.9 Å². The molecule has 0 aliphatic carbocycles. The van der Waals surface area contributed by atoms with Crippen LogP contribution < -0.4 is 11.1 Å². The molecule has 4 N–H and O–H groups in total. The van der Waals surface area contributed by atoms with Gasteiger partial charge in [0.15, 0.2) is 5.82 Å². The third-order valence-corrected chi connectivity index (χ3v) is 4.27. The van der Waals surface area contributed by atoms with Crippen LogP contribution in [0.25, 0.3) is 16.8 Å². The van der Waals surface area contributed by atoms with Crippen LogP contribution in [0, 0.1) is 0 Å². The van der Waals surface area contributed by atoms with Crippen LogP contribution in [0.1, 0.15) is 16.1 Å². The van der Waals surface area contributed by atoms with Crippen molar-refractivity contribution in [1.29, 1.82) is 0 Å². The number of rotatable bonds is 5. The fourth-order valence-corrected chi connectivity index (χ4v) is 2.98. The summed E-state index contributed by atoms with van der Waals surface area (Å²) in [6.07, 6.45) is 3.58. The Balaban J connectivity index is 1.57. The number of carbonyl (C=O) groups excluding carboxylic acids is 1. The van der Waals surface area contributed by atoms with Crippen LogP contribution in [-0.2, 0) is 6.54 Å². The Bertz CT molecular complexity index is 1050. The molecular weight excluding hydrogens is 340 g/mol. The van der Waals surface area contributed by atoms with Crippen molar-refractivity contribution in [2.45, 2.75) is 6.54 Å². The Labute approximate surface area is 155 Å². The number of aromatic amines is 1. The molecule has 7 heteroatoms. The SMILES string of the molecule is Nc1n[nH]c(C(=O)NCc2ccccc2-n2cccn2)c1-c1ccccc1. The molecule has 0 atom stereocenters. The average Bonchev–Trinajstić information content (AvgIpc) is 3.37. The molecule has 0 saturated heterocycles. The maximum atomic E-state index is 12.8. The van der Waals surface area contributed by atoms with E-state index in [0.717, 1.165) is 16.8 Å². The van der Waals surface area contributed by atoms with Crippen LogP contribution in [0.4, 0.5) is 5.82 Å². The van der Waals surface area contributed by atoms with Crippen molar-refractivity contribution in [1.82, 2.24) is 25.3 Å². The molecule has 7 nitrogen and oxygen atoms in total. The second kappa shape index (κ2) is 7.17. The van der Waals surface area contributed by atoms with Gasteiger partial charge in [-0.3, -0.25) is 9.89 Å². The van der Waals surface area contributed by atoms with Gasteiger partial charge in [0.1, 0.15) is 5.69 Å². The van der Waals surface area contributed by atoms with E-state index in [1.165, 1.54) is 0 Å². The molecule has 134 valence electrons. The van der Waals surface area contributed by atoms with E-state index in [9.17, 15) is 4.79 Å². The smallest absolute Gasteiger partial charge is 0.270 e. The highest BCUT2D eigenvalue weighted by Crippen LogP contribution is 2.27. The van der Waals surface area contributed by atoms with E-state index in [-0.39, 0.29) is 5.91 Å². The number of nitrogens with one attached hydrogen (secondary N) is 2. The number of aromatic nitrogens is 4. The summed E-state index contributed by atoms with van der Waals surface area (Å²) in [5.41, 5.74) is 9.62. The van der Waals surface area contributed by atoms with Crippen LogP contribution in [0.15, 0.2) is 73.1 Å². The lowest BCUT2D eigenvalue weighted by atomic mass is 10.1. The predicted molar refractivity (Wildman–Crippen MR) is 103 cm³/mol. The number of hydrogen-bond donors (Lipinski definition) is 3. The Kier molecular flexibility index (Phi) is 4.40. The number of H-pyrrole nitrogens is 1. The Morgan fingerprint density at radius 1 is 1.07 bits per heavy atom. The zero-order valence-electron chi connectivity index (χ0n) is 14.5. The maximum absolute atomic E-state index is 12.8. The zero-order valence-corrected chi connectivity index (χ0v) is 14.5. The molecule has 0 bridgehead atoms. The first-order valence-corrected chi connectivity index (χ1v) is 8.49. The quantitative estimate of drug-likeness (QED) is 0.510. The van der Waals surface area contributed by atoms with Gasteiger partial charge in [0.2, 0.25) is 0 Å². The average molecular weight is 358 g/mol. The van der Waals surface area contributed by atoms with Crippen molar-refractivity contribution in [2.24, 2.45) is 0 Å². The highest BCUT2D eigenvalue weighted by molar-refractivity contribution is 6.01. The standard InChI is InChI=1S/C20H18N6O/c21-19-17(14-7-2-1-3-8-14)18(24-25-19)20(27)22-13-15-9-4-5-10-16(15)26-12-6-11-23-26/h1-12H,13H2,(H,22,27)(H3,21,24,25). The third-order valence-electron chi connectivity index (χ3n) is 4.27. The molecule has 0 radical (unpaired) electrons. The largest absolute Gasteiger partial charge is 0.382 e. The highest BCUT2D eigenvalue weighted by atomic mass is 16.1. The van der Waals surface area contributed by atoms with E-state index < -0.39 is 0 Å². The van der Waals surface area contributed by atoms with E-state index in [4.69, 9.17) is 5.73 Å². The van der Waals surface area contributed by atoms with Crippen molar-refractivity contribution >= 4 is 11.7 Å². The number of hydrogen-bond acceptors (Lipinski definition) is 4. The Morgan fingerprint density at radius 2 is 1.85 bits per heavy atom. The van der Waals surface area contributed by atoms with Crippen LogP contribution >= 0.6 is 0 Å². The first-order chi connectivity index (χ1) is 13.2. The van der Waals surface area contributed by atoms with E-state index >= 15 is 0 Å². The fraction of sp³-hybridized carbons (Fsp3) is 0.0500. The molecule has 1 amide bonds. The van der Waals surface area contributed by atoms with Crippen molar-refractivity contribution < 1.29 is 4.79 Å². The molecule has 2 heterocycles. The third kappa shape index (κ3) is 3.30. The van der Waals surface area contributed by atoms with Gasteiger partial charge in [0.25, 0.3) is 5.91 Å². The van der Waals surface area contributed by atoms with Gasteiger partial charge in [-0.05, 0) is 23.3 Å². The van der Waals surface area contributed by atoms with E-state index in [2.05, 4.69) is 20.6 Å². The lowest BCUT2D eigenvalue weighted by molar-refractivity contribution is 0.0946. The summed E-state index contributed by atoms with van der Waals surface area (Å²) >= 11 is 0. The minimum atomic E-state index is -0.270. The van der Waals surface area contributed by atoms with Crippen molar-refractivity contribution in [2.75, 3.05) is 5.73 Å². The summed E-state index contributed by atoms with van der Waals surface area (Å²) in [6, 6.07) is 19.1. The van der Waals surface area contributed by atoms with Gasteiger partial charge in [0, 0.05) is 18.9 Å². The first-order valence-electron chi connectivity index (χ1n) is 8.49. The molecule has 0 saturated carbocycles. The lowest BCUT2D eigenvalue weighted by Crippen LogP contribution is -2.24. The summed E-state index contributed by atoms with van der Waals surface area (Å²) in [6.45, 7) is 0.349. The summed E-state index contributed by atoms with van der Waals surface area (Å²) in [4.78, 5) is 12.8. The first kappa shape index (κ1) is 16.6. The molecule has 27 heavy (non-hydrogen) atoms. The van der Waals surface area contributed by atoms with Gasteiger partial charge < -0.3 is 11.1 Å². The molecule has 2 aromatic carbocycles. The summed E-state index contributed by atoms with van der Waals surface area (Å²) in [7, 11) is 0. The van der Waals surface area contributed by atoms with Gasteiger partial charge in [-0.25, -0.2) is 4.68 Å². The van der Waals surface area contributed by atoms with Crippen LogP contribution in [0.3, 0.4) is 0 Å². The molecule has 0 aliphatic rings. The number of anilines is 1. The van der Waals surface area contributed by atoms with Crippen LogP contribution in [0.2, 0.25) is 0 Å². The van der Waals surface area contributed by atoms with E-state index in [1.807, 2.05) is 66.9 Å². The molecule has 0 unspecified atom stereocenters. The van der Waals surface area contributed by atoms with Crippen LogP contribution in [0.5, 0.6) is 0 Å². The number of para-hydroxylation sites is 1. The maximum Gasteiger partial charge on any atom is 0.270 e. The molecule has 0 aliphatic heterocycles. The van der Waals surface area contributed by atoms with Crippen molar-refractivity contribution in [3.8, 4) is 16.8 Å². The number of amides is 1. The summed E-state index contributed by atoms with van der Waals surface area (Å²) in [5, 5.41) is 13.9. The normalized spacial score (nSPS) is 10.7. The second-order valence-corrected chi connectivity index (χ2v) is 5.99. The van der Waals surface area contributed by atoms with Gasteiger partial charge in [-0.1, -0.05) is 48.5 Å². The summed E-state index contributed by atoms with van der Waals surface area (Å²) < 4.78 is 1.77. The number of benzene rings is 2. The lowest BCUT2D eigenvalue weighted by Gasteiger charge is -2.11. The molecule has 0 fully saturated rings. The second-order valence-electron chi connectivity index (χ2n) is 5.99. The Hall–Kier alpha value is -3.87. The number of nitrogen functional groups attached to an aromatic ring is 1. The number of carbonyl (C=O) groups is 1. The van der Waals surface area contributed by atoms with Gasteiger partial charge in [-0.2, -0.15) is 10.2 Å². The molecule has 0 spiro atoms. The minimum Gasteiger partial charge on any atom is -0.382 e. The monoisotopic (exact) mass is 358 g/mol. The molecule has 4 rings (SSSR count). The molecule has 4 aromatic rings. The van der Waals surface area contributed by atoms with Crippen molar-refractivity contribution in [3.05, 3.63) is 84.3 Å². The highest BCUT2D eigenvalue weighted by Gasteiger charge is 2.19. The predicted octanol–water partition coefficient (Wildman–Crippen LogP) is 2.77.